The molecule has 0 aromatic carbocycles. The van der Waals surface area contributed by atoms with E-state index in [1.54, 1.807) is 17.2 Å². The van der Waals surface area contributed by atoms with E-state index in [0.717, 1.165) is 0 Å². The maximum Gasteiger partial charge on any atom is 0.326 e. The minimum absolute atomic E-state index is 0.0949. The van der Waals surface area contributed by atoms with Crippen LogP contribution in [0, 0.1) is 12.3 Å². The first-order chi connectivity index (χ1) is 25.1. The number of H-pyrrole nitrogens is 1. The predicted octanol–water partition coefficient (Wildman–Crippen LogP) is -0.930. The lowest BCUT2D eigenvalue weighted by molar-refractivity contribution is -0.144. The Hall–Kier alpha value is -6.98. The molecule has 0 radical (unpaired) electrons. The first-order valence-corrected chi connectivity index (χ1v) is 15.9. The monoisotopic (exact) mass is 739 g/mol. The number of carbonyl (C=O) groups is 7. The topological polar surface area (TPSA) is 340 Å². The largest absolute Gasteiger partial charge is 0.493 e. The molecule has 3 amide bonds. The molecule has 11 N–H and O–H groups in total. The average Bonchev–Trinajstić information content (AvgIpc) is 3.51. The van der Waals surface area contributed by atoms with E-state index in [4.69, 9.17) is 22.4 Å². The Morgan fingerprint density at radius 2 is 1.42 bits per heavy atom. The van der Waals surface area contributed by atoms with Crippen molar-refractivity contribution in [2.45, 2.75) is 63.1 Å². The van der Waals surface area contributed by atoms with Gasteiger partial charge in [0.05, 0.1) is 23.8 Å². The number of carboxylic acids is 4. The summed E-state index contributed by atoms with van der Waals surface area (Å²) in [6, 6.07) is -1.82. The van der Waals surface area contributed by atoms with Gasteiger partial charge in [-0.15, -0.1) is 6.42 Å². The lowest BCUT2D eigenvalue weighted by Gasteiger charge is -2.22. The number of pyridine rings is 1. The molecule has 3 atom stereocenters. The third kappa shape index (κ3) is 12.1. The highest BCUT2D eigenvalue weighted by atomic mass is 16.4. The highest BCUT2D eigenvalue weighted by molar-refractivity contribution is 5.95. The summed E-state index contributed by atoms with van der Waals surface area (Å²) >= 11 is 0. The zero-order valence-electron chi connectivity index (χ0n) is 27.9. The van der Waals surface area contributed by atoms with E-state index in [9.17, 15) is 48.9 Å². The van der Waals surface area contributed by atoms with Crippen molar-refractivity contribution in [1.82, 2.24) is 35.9 Å². The molecule has 3 heterocycles. The van der Waals surface area contributed by atoms with Gasteiger partial charge < -0.3 is 57.1 Å². The van der Waals surface area contributed by atoms with E-state index in [1.807, 2.05) is 0 Å². The molecule has 282 valence electrons. The molecule has 0 bridgehead atoms. The number of terminal acetylenes is 1. The second kappa shape index (κ2) is 18.9. The molecule has 0 aliphatic heterocycles. The number of rotatable bonds is 21. The number of amides is 3. The maximum absolute atomic E-state index is 12.9. The summed E-state index contributed by atoms with van der Waals surface area (Å²) in [5, 5.41) is 54.2. The summed E-state index contributed by atoms with van der Waals surface area (Å²) in [6.07, 6.45) is 6.04. The molecule has 0 spiro atoms. The fraction of sp³-hybridized carbons (Fsp3) is 0.375. The summed E-state index contributed by atoms with van der Waals surface area (Å²) in [6.45, 7) is 0.511. The highest BCUT2D eigenvalue weighted by Crippen LogP contribution is 2.26. The molecule has 53 heavy (non-hydrogen) atoms. The smallest absolute Gasteiger partial charge is 0.326 e. The molecule has 3 rings (SSSR count). The number of fused-ring (bicyclic) bond motifs is 1. The van der Waals surface area contributed by atoms with Crippen LogP contribution >= 0.6 is 0 Å². The van der Waals surface area contributed by atoms with Gasteiger partial charge in [-0.3, -0.25) is 19.2 Å². The van der Waals surface area contributed by atoms with Gasteiger partial charge in [0.25, 0.3) is 5.91 Å². The first-order valence-electron chi connectivity index (χ1n) is 15.9. The number of aromatic hydroxyl groups is 1. The van der Waals surface area contributed by atoms with E-state index < -0.39 is 98.2 Å². The zero-order valence-corrected chi connectivity index (χ0v) is 27.9. The van der Waals surface area contributed by atoms with Gasteiger partial charge in [0.15, 0.2) is 0 Å². The van der Waals surface area contributed by atoms with Crippen LogP contribution in [0.3, 0.4) is 0 Å². The normalized spacial score (nSPS) is 12.4. The Labute approximate surface area is 300 Å². The van der Waals surface area contributed by atoms with Crippen LogP contribution in [0.1, 0.15) is 54.6 Å². The molecular formula is C32H37N9O12. The summed E-state index contributed by atoms with van der Waals surface area (Å²) < 4.78 is 0. The van der Waals surface area contributed by atoms with Crippen LogP contribution in [0.15, 0.2) is 24.5 Å². The Morgan fingerprint density at radius 3 is 1.92 bits per heavy atom. The second-order valence-corrected chi connectivity index (χ2v) is 11.5. The maximum atomic E-state index is 12.9. The first kappa shape index (κ1) is 40.4. The van der Waals surface area contributed by atoms with Crippen molar-refractivity contribution < 1.29 is 59.1 Å². The van der Waals surface area contributed by atoms with Crippen LogP contribution < -0.4 is 26.6 Å². The van der Waals surface area contributed by atoms with E-state index in [1.165, 1.54) is 12.3 Å². The van der Waals surface area contributed by atoms with Gasteiger partial charge in [-0.25, -0.2) is 19.4 Å². The van der Waals surface area contributed by atoms with Crippen molar-refractivity contribution in [2.24, 2.45) is 0 Å². The Bertz CT molecular complexity index is 1890. The number of aromatic nitrogens is 4. The molecule has 3 aromatic rings. The summed E-state index contributed by atoms with van der Waals surface area (Å²) in [7, 11) is 0. The second-order valence-electron chi connectivity index (χ2n) is 11.5. The van der Waals surface area contributed by atoms with E-state index in [2.05, 4.69) is 41.8 Å². The van der Waals surface area contributed by atoms with Crippen molar-refractivity contribution in [2.75, 3.05) is 23.7 Å². The van der Waals surface area contributed by atoms with Gasteiger partial charge in [0, 0.05) is 32.0 Å². The number of aliphatic carboxylic acids is 4. The van der Waals surface area contributed by atoms with E-state index in [0.29, 0.717) is 35.2 Å². The quantitative estimate of drug-likeness (QED) is 0.0590. The molecule has 21 heteroatoms. The summed E-state index contributed by atoms with van der Waals surface area (Å²) in [4.78, 5) is 99.7. The van der Waals surface area contributed by atoms with Gasteiger partial charge >= 0.3 is 23.9 Å². The van der Waals surface area contributed by atoms with Crippen LogP contribution in [0.4, 0.5) is 11.6 Å². The fourth-order valence-corrected chi connectivity index (χ4v) is 5.02. The SMILES string of the molecule is C#CCN(CCc1c[nH]c2nc(N)nc(O)c12)c1ccc(C(=O)N[C@@H](CCC(=O)N[C@@H](CCC(=O)N[C@@H](CCC(=O)O)C(=O)O)C(=O)O)C(=O)O)nc1. The Kier molecular flexibility index (Phi) is 14.4. The van der Waals surface area contributed by atoms with Crippen LogP contribution in [0.2, 0.25) is 0 Å². The van der Waals surface area contributed by atoms with Crippen LogP contribution in [0.25, 0.3) is 11.0 Å². The fourth-order valence-electron chi connectivity index (χ4n) is 5.02. The number of anilines is 2. The highest BCUT2D eigenvalue weighted by Gasteiger charge is 2.27. The molecule has 0 aliphatic carbocycles. The molecule has 0 aliphatic rings. The van der Waals surface area contributed by atoms with Crippen molar-refractivity contribution in [3.8, 4) is 18.2 Å². The van der Waals surface area contributed by atoms with Crippen LogP contribution in [-0.2, 0) is 35.2 Å². The molecule has 3 aromatic heterocycles. The van der Waals surface area contributed by atoms with Crippen molar-refractivity contribution in [1.29, 1.82) is 0 Å². The number of hydrogen-bond donors (Lipinski definition) is 10. The van der Waals surface area contributed by atoms with Crippen molar-refractivity contribution in [3.63, 3.8) is 0 Å². The molecule has 0 saturated heterocycles. The van der Waals surface area contributed by atoms with Crippen LogP contribution in [0.5, 0.6) is 5.88 Å². The number of hydrogen-bond acceptors (Lipinski definition) is 13. The van der Waals surface area contributed by atoms with Crippen molar-refractivity contribution in [3.05, 3.63) is 35.8 Å². The lowest BCUT2D eigenvalue weighted by Crippen LogP contribution is -2.45. The third-order valence-electron chi connectivity index (χ3n) is 7.73. The standard InChI is InChI=1S/C32H37N9O12/c1-2-12-41(13-11-16-14-35-26-25(16)28(47)40-32(33)39-26)17-3-4-18(34-15-17)27(46)38-21(31(52)53)6-9-23(43)36-19(29(48)49)5-8-22(42)37-20(30(50)51)7-10-24(44)45/h1,3-4,14-15,19-21H,5-13H2,(H,36,43)(H,37,42)(H,38,46)(H,44,45)(H,48,49)(H,50,51)(H,52,53)(H4,33,35,39,40,47)/t19-,20-,21-/m0/s1. The number of nitrogen functional groups attached to an aromatic ring is 1. The zero-order chi connectivity index (χ0) is 39.2. The minimum Gasteiger partial charge on any atom is -0.493 e. The van der Waals surface area contributed by atoms with Gasteiger partial charge in [0.2, 0.25) is 23.6 Å². The van der Waals surface area contributed by atoms with Gasteiger partial charge in [-0.2, -0.15) is 9.97 Å². The third-order valence-corrected chi connectivity index (χ3v) is 7.73. The molecular weight excluding hydrogens is 702 g/mol. The van der Waals surface area contributed by atoms with Crippen LogP contribution in [-0.4, -0.2) is 118 Å². The number of aromatic amines is 1. The molecule has 21 nitrogen and oxygen atoms in total. The summed E-state index contributed by atoms with van der Waals surface area (Å²) in [5.41, 5.74) is 7.01. The average molecular weight is 740 g/mol. The lowest BCUT2D eigenvalue weighted by atomic mass is 10.1. The van der Waals surface area contributed by atoms with Gasteiger partial charge in [-0.05, 0) is 43.4 Å². The molecule has 0 saturated carbocycles. The minimum atomic E-state index is -1.60. The Balaban J connectivity index is 1.54. The number of nitrogens with two attached hydrogens (primary N) is 1. The number of nitrogens with one attached hydrogen (secondary N) is 4. The van der Waals surface area contributed by atoms with E-state index in [-0.39, 0.29) is 24.1 Å². The Morgan fingerprint density at radius 1 is 0.849 bits per heavy atom. The van der Waals surface area contributed by atoms with Crippen molar-refractivity contribution >= 4 is 64.3 Å². The predicted molar refractivity (Wildman–Crippen MR) is 182 cm³/mol. The van der Waals surface area contributed by atoms with Gasteiger partial charge in [-0.1, -0.05) is 5.92 Å². The van der Waals surface area contributed by atoms with E-state index >= 15 is 0 Å². The molecule has 0 unspecified atom stereocenters. The summed E-state index contributed by atoms with van der Waals surface area (Å²) in [5.74, 6) is -6.28. The van der Waals surface area contributed by atoms with Gasteiger partial charge in [0.1, 0.15) is 29.5 Å². The molecule has 0 fully saturated rings. The number of nitrogens with zero attached hydrogens (tertiary/aromatic N) is 4. The number of carboxylic acid groups (broad SMARTS) is 4. The number of carbonyl (C=O) groups excluding carboxylic acids is 3.